The van der Waals surface area contributed by atoms with Crippen LogP contribution in [0.3, 0.4) is 0 Å². The zero-order chi connectivity index (χ0) is 19.9. The molecule has 7 nitrogen and oxygen atoms in total. The normalized spacial score (nSPS) is 15.4. The van der Waals surface area contributed by atoms with Crippen molar-refractivity contribution in [3.8, 4) is 5.75 Å². The van der Waals surface area contributed by atoms with Gasteiger partial charge in [0.1, 0.15) is 11.5 Å². The van der Waals surface area contributed by atoms with Gasteiger partial charge in [-0.05, 0) is 37.8 Å². The number of nitrogens with one attached hydrogen (secondary N) is 1. The van der Waals surface area contributed by atoms with Gasteiger partial charge < -0.3 is 15.0 Å². The van der Waals surface area contributed by atoms with Gasteiger partial charge >= 0.3 is 0 Å². The minimum atomic E-state index is -3.48. The van der Waals surface area contributed by atoms with Crippen LogP contribution in [0.4, 0.5) is 0 Å². The highest BCUT2D eigenvalue weighted by Crippen LogP contribution is 2.22. The maximum absolute atomic E-state index is 12.5. The summed E-state index contributed by atoms with van der Waals surface area (Å²) >= 11 is 0. The summed E-state index contributed by atoms with van der Waals surface area (Å²) in [6.45, 7) is 3.31. The van der Waals surface area contributed by atoms with E-state index in [-0.39, 0.29) is 5.91 Å². The van der Waals surface area contributed by atoms with Crippen LogP contribution in [-0.4, -0.2) is 62.9 Å². The van der Waals surface area contributed by atoms with Gasteiger partial charge in [-0.3, -0.25) is 9.59 Å². The number of ether oxygens (including phenoxy) is 1. The van der Waals surface area contributed by atoms with Gasteiger partial charge in [-0.2, -0.15) is 0 Å². The molecule has 0 spiro atoms. The predicted octanol–water partition coefficient (Wildman–Crippen LogP) is 1.17. The van der Waals surface area contributed by atoms with Gasteiger partial charge in [0.05, 0.1) is 11.9 Å². The molecule has 0 aliphatic carbocycles. The Morgan fingerprint density at radius 3 is 2.52 bits per heavy atom. The molecule has 1 aromatic rings. The Morgan fingerprint density at radius 2 is 1.89 bits per heavy atom. The molecule has 1 saturated heterocycles. The quantitative estimate of drug-likeness (QED) is 0.712. The molecule has 0 radical (unpaired) electrons. The van der Waals surface area contributed by atoms with E-state index < -0.39 is 26.7 Å². The zero-order valence-corrected chi connectivity index (χ0v) is 16.8. The first kappa shape index (κ1) is 21.2. The maximum atomic E-state index is 12.5. The Bertz CT molecular complexity index is 755. The van der Waals surface area contributed by atoms with Gasteiger partial charge in [-0.1, -0.05) is 18.2 Å². The van der Waals surface area contributed by atoms with Crippen LogP contribution in [0.25, 0.3) is 0 Å². The standard InChI is InChI=1S/C19H28N2O5S/c1-3-26-17-7-5-4-6-15(17)8-9-19(23)21-12-10-16(11-13-21)27(24,25)14-18(22)20-2/h4-7,16H,3,8-14H2,1-2H3,(H,20,22). The van der Waals surface area contributed by atoms with Gasteiger partial charge in [0, 0.05) is 26.6 Å². The summed E-state index contributed by atoms with van der Waals surface area (Å²) in [4.78, 5) is 25.6. The van der Waals surface area contributed by atoms with Gasteiger partial charge in [0.15, 0.2) is 9.84 Å². The first-order valence-electron chi connectivity index (χ1n) is 9.28. The average molecular weight is 397 g/mol. The van der Waals surface area contributed by atoms with E-state index in [1.54, 1.807) is 4.90 Å². The van der Waals surface area contributed by atoms with Crippen molar-refractivity contribution in [1.82, 2.24) is 10.2 Å². The van der Waals surface area contributed by atoms with Crippen LogP contribution in [0.2, 0.25) is 0 Å². The van der Waals surface area contributed by atoms with Crippen molar-refractivity contribution in [3.05, 3.63) is 29.8 Å². The highest BCUT2D eigenvalue weighted by molar-refractivity contribution is 7.92. The van der Waals surface area contributed by atoms with Gasteiger partial charge in [-0.15, -0.1) is 0 Å². The number of likely N-dealkylation sites (tertiary alicyclic amines) is 1. The first-order chi connectivity index (χ1) is 12.9. The van der Waals surface area contributed by atoms with Crippen molar-refractivity contribution in [2.75, 3.05) is 32.5 Å². The molecule has 0 aromatic heterocycles. The molecule has 2 rings (SSSR count). The molecule has 1 fully saturated rings. The first-order valence-corrected chi connectivity index (χ1v) is 11.0. The van der Waals surface area contributed by atoms with E-state index in [1.165, 1.54) is 7.05 Å². The Kier molecular flexibility index (Phi) is 7.65. The second kappa shape index (κ2) is 9.73. The molecule has 1 aliphatic rings. The fraction of sp³-hybridized carbons (Fsp3) is 0.579. The van der Waals surface area contributed by atoms with E-state index in [1.807, 2.05) is 31.2 Å². The monoisotopic (exact) mass is 396 g/mol. The molecule has 1 aliphatic heterocycles. The van der Waals surface area contributed by atoms with Crippen LogP contribution in [0.15, 0.2) is 24.3 Å². The van der Waals surface area contributed by atoms with E-state index in [0.29, 0.717) is 45.4 Å². The van der Waals surface area contributed by atoms with E-state index in [9.17, 15) is 18.0 Å². The van der Waals surface area contributed by atoms with Crippen molar-refractivity contribution >= 4 is 21.7 Å². The molecule has 1 N–H and O–H groups in total. The molecule has 2 amide bonds. The molecule has 0 atom stereocenters. The summed E-state index contributed by atoms with van der Waals surface area (Å²) in [6, 6.07) is 7.67. The van der Waals surface area contributed by atoms with Gasteiger partial charge in [0.25, 0.3) is 0 Å². The van der Waals surface area contributed by atoms with Crippen molar-refractivity contribution < 1.29 is 22.7 Å². The van der Waals surface area contributed by atoms with Crippen LogP contribution in [0, 0.1) is 0 Å². The van der Waals surface area contributed by atoms with Crippen LogP contribution in [0.5, 0.6) is 5.75 Å². The fourth-order valence-electron chi connectivity index (χ4n) is 3.24. The number of nitrogens with zero attached hydrogens (tertiary/aromatic N) is 1. The lowest BCUT2D eigenvalue weighted by Crippen LogP contribution is -2.44. The van der Waals surface area contributed by atoms with Crippen LogP contribution >= 0.6 is 0 Å². The molecule has 8 heteroatoms. The SMILES string of the molecule is CCOc1ccccc1CCC(=O)N1CCC(S(=O)(=O)CC(=O)NC)CC1. The zero-order valence-electron chi connectivity index (χ0n) is 15.9. The Labute approximate surface area is 161 Å². The molecular weight excluding hydrogens is 368 g/mol. The van der Waals surface area contributed by atoms with E-state index in [2.05, 4.69) is 5.32 Å². The summed E-state index contributed by atoms with van der Waals surface area (Å²) in [5.74, 6) is -0.173. The third-order valence-corrected chi connectivity index (χ3v) is 6.95. The number of piperidine rings is 1. The number of hydrogen-bond donors (Lipinski definition) is 1. The molecule has 1 aromatic carbocycles. The molecule has 0 unspecified atom stereocenters. The third-order valence-electron chi connectivity index (χ3n) is 4.79. The van der Waals surface area contributed by atoms with E-state index in [0.717, 1.165) is 11.3 Å². The molecule has 27 heavy (non-hydrogen) atoms. The Balaban J connectivity index is 1.86. The van der Waals surface area contributed by atoms with Crippen molar-refractivity contribution in [1.29, 1.82) is 0 Å². The Morgan fingerprint density at radius 1 is 1.22 bits per heavy atom. The highest BCUT2D eigenvalue weighted by atomic mass is 32.2. The number of rotatable bonds is 8. The molecular formula is C19H28N2O5S. The third kappa shape index (κ3) is 5.95. The maximum Gasteiger partial charge on any atom is 0.234 e. The lowest BCUT2D eigenvalue weighted by Gasteiger charge is -2.31. The smallest absolute Gasteiger partial charge is 0.234 e. The Hall–Kier alpha value is -2.09. The largest absolute Gasteiger partial charge is 0.494 e. The van der Waals surface area contributed by atoms with E-state index in [4.69, 9.17) is 4.74 Å². The molecule has 0 saturated carbocycles. The number of carbonyl (C=O) groups excluding carboxylic acids is 2. The molecule has 1 heterocycles. The van der Waals surface area contributed by atoms with Crippen LogP contribution < -0.4 is 10.1 Å². The number of carbonyl (C=O) groups is 2. The number of aryl methyl sites for hydroxylation is 1. The summed E-state index contributed by atoms with van der Waals surface area (Å²) < 4.78 is 30.1. The summed E-state index contributed by atoms with van der Waals surface area (Å²) in [5.41, 5.74) is 0.996. The molecule has 0 bridgehead atoms. The minimum Gasteiger partial charge on any atom is -0.494 e. The number of hydrogen-bond acceptors (Lipinski definition) is 5. The summed E-state index contributed by atoms with van der Waals surface area (Å²) in [7, 11) is -2.06. The minimum absolute atomic E-state index is 0.0171. The highest BCUT2D eigenvalue weighted by Gasteiger charge is 2.32. The van der Waals surface area contributed by atoms with Crippen molar-refractivity contribution in [3.63, 3.8) is 0 Å². The number of para-hydroxylation sites is 1. The van der Waals surface area contributed by atoms with Gasteiger partial charge in [0.2, 0.25) is 11.8 Å². The number of amides is 2. The van der Waals surface area contributed by atoms with Crippen LogP contribution in [-0.2, 0) is 25.8 Å². The summed E-state index contributed by atoms with van der Waals surface area (Å²) in [6.07, 6.45) is 1.70. The second-order valence-corrected chi connectivity index (χ2v) is 8.88. The van der Waals surface area contributed by atoms with Gasteiger partial charge in [-0.25, -0.2) is 8.42 Å². The van der Waals surface area contributed by atoms with Crippen molar-refractivity contribution in [2.45, 2.75) is 37.9 Å². The predicted molar refractivity (Wildman–Crippen MR) is 103 cm³/mol. The van der Waals surface area contributed by atoms with E-state index >= 15 is 0 Å². The molecule has 150 valence electrons. The topological polar surface area (TPSA) is 92.8 Å². The summed E-state index contributed by atoms with van der Waals surface area (Å²) in [5, 5.41) is 1.78. The van der Waals surface area contributed by atoms with Crippen LogP contribution in [0.1, 0.15) is 31.7 Å². The lowest BCUT2D eigenvalue weighted by molar-refractivity contribution is -0.132. The number of benzene rings is 1. The number of sulfone groups is 1. The fourth-order valence-corrected chi connectivity index (χ4v) is 4.92. The second-order valence-electron chi connectivity index (χ2n) is 6.60. The lowest BCUT2D eigenvalue weighted by atomic mass is 10.1. The average Bonchev–Trinajstić information content (AvgIpc) is 2.67. The van der Waals surface area contributed by atoms with Crippen molar-refractivity contribution in [2.24, 2.45) is 0 Å².